The minimum atomic E-state index is -0.389. The van der Waals surface area contributed by atoms with E-state index in [0.717, 1.165) is 17.7 Å². The quantitative estimate of drug-likeness (QED) is 0.826. The van der Waals surface area contributed by atoms with Crippen molar-refractivity contribution in [2.75, 3.05) is 18.6 Å². The highest BCUT2D eigenvalue weighted by atomic mass is 16.3. The molecule has 0 radical (unpaired) electrons. The summed E-state index contributed by atoms with van der Waals surface area (Å²) in [6.07, 6.45) is 0.331. The number of hydrogen-bond donors (Lipinski definition) is 2. The number of hydrogen-bond acceptors (Lipinski definition) is 3. The first kappa shape index (κ1) is 14.0. The van der Waals surface area contributed by atoms with Crippen molar-refractivity contribution in [1.29, 1.82) is 0 Å². The number of aliphatic hydroxyl groups excluding tert-OH is 2. The molecule has 0 aliphatic carbocycles. The summed E-state index contributed by atoms with van der Waals surface area (Å²) in [5.74, 6) is 0. The minimum absolute atomic E-state index is 0.100. The Hall–Kier alpha value is -1.06. The summed E-state index contributed by atoms with van der Waals surface area (Å²) in [5, 5.41) is 19.0. The third-order valence-corrected chi connectivity index (χ3v) is 3.35. The van der Waals surface area contributed by atoms with Gasteiger partial charge in [0, 0.05) is 12.7 Å². The molecule has 0 aliphatic heterocycles. The number of nitrogens with zero attached hydrogens (tertiary/aromatic N) is 1. The lowest BCUT2D eigenvalue weighted by molar-refractivity contribution is 0.173. The fraction of sp³-hybridized carbons (Fsp3) is 0.571. The van der Waals surface area contributed by atoms with E-state index in [-0.39, 0.29) is 18.2 Å². The standard InChI is InChI=1S/C14H23NO2/c1-5-13(17)11-6-8-12(9-7-11)15(4)14(2,3)10-16/h6-9,13,16-17H,5,10H2,1-4H3/t13-/m0/s1. The number of rotatable bonds is 5. The van der Waals surface area contributed by atoms with E-state index in [2.05, 4.69) is 0 Å². The molecule has 0 saturated carbocycles. The van der Waals surface area contributed by atoms with Gasteiger partial charge in [0.15, 0.2) is 0 Å². The molecule has 17 heavy (non-hydrogen) atoms. The zero-order chi connectivity index (χ0) is 13.1. The molecule has 0 amide bonds. The van der Waals surface area contributed by atoms with Gasteiger partial charge in [0.1, 0.15) is 0 Å². The van der Waals surface area contributed by atoms with Crippen molar-refractivity contribution in [2.24, 2.45) is 0 Å². The molecule has 1 rings (SSSR count). The first-order valence-corrected chi connectivity index (χ1v) is 6.05. The molecule has 1 aromatic carbocycles. The largest absolute Gasteiger partial charge is 0.394 e. The van der Waals surface area contributed by atoms with Gasteiger partial charge in [-0.3, -0.25) is 0 Å². The van der Waals surface area contributed by atoms with Crippen molar-refractivity contribution in [2.45, 2.75) is 38.8 Å². The molecule has 1 aromatic rings. The van der Waals surface area contributed by atoms with Crippen LogP contribution in [0.2, 0.25) is 0 Å². The summed E-state index contributed by atoms with van der Waals surface area (Å²) in [4.78, 5) is 2.04. The van der Waals surface area contributed by atoms with Gasteiger partial charge in [-0.1, -0.05) is 19.1 Å². The number of anilines is 1. The van der Waals surface area contributed by atoms with Crippen LogP contribution in [0.4, 0.5) is 5.69 Å². The summed E-state index contributed by atoms with van der Waals surface area (Å²) in [6, 6.07) is 7.83. The minimum Gasteiger partial charge on any atom is -0.394 e. The van der Waals surface area contributed by atoms with Gasteiger partial charge in [0.2, 0.25) is 0 Å². The average Bonchev–Trinajstić information content (AvgIpc) is 2.37. The van der Waals surface area contributed by atoms with Crippen molar-refractivity contribution in [3.8, 4) is 0 Å². The Morgan fingerprint density at radius 2 is 1.76 bits per heavy atom. The van der Waals surface area contributed by atoms with Gasteiger partial charge in [-0.05, 0) is 38.0 Å². The van der Waals surface area contributed by atoms with Crippen LogP contribution in [0.5, 0.6) is 0 Å². The number of likely N-dealkylation sites (N-methyl/N-ethyl adjacent to an activating group) is 1. The number of aliphatic hydroxyl groups is 2. The Balaban J connectivity index is 2.88. The van der Waals surface area contributed by atoms with Crippen molar-refractivity contribution >= 4 is 5.69 Å². The van der Waals surface area contributed by atoms with Crippen LogP contribution in [-0.4, -0.2) is 29.4 Å². The lowest BCUT2D eigenvalue weighted by Gasteiger charge is -2.36. The van der Waals surface area contributed by atoms with Crippen LogP contribution in [0, 0.1) is 0 Å². The smallest absolute Gasteiger partial charge is 0.0787 e. The fourth-order valence-corrected chi connectivity index (χ4v) is 1.61. The molecule has 1 atom stereocenters. The monoisotopic (exact) mass is 237 g/mol. The van der Waals surface area contributed by atoms with Crippen molar-refractivity contribution in [3.63, 3.8) is 0 Å². The van der Waals surface area contributed by atoms with E-state index in [0.29, 0.717) is 0 Å². The van der Waals surface area contributed by atoms with E-state index in [1.807, 2.05) is 57.0 Å². The van der Waals surface area contributed by atoms with Crippen molar-refractivity contribution < 1.29 is 10.2 Å². The summed E-state index contributed by atoms with van der Waals surface area (Å²) in [5.41, 5.74) is 1.69. The molecule has 0 unspecified atom stereocenters. The van der Waals surface area contributed by atoms with E-state index in [1.165, 1.54) is 0 Å². The van der Waals surface area contributed by atoms with Gasteiger partial charge in [0.05, 0.1) is 18.2 Å². The summed E-state index contributed by atoms with van der Waals surface area (Å²) >= 11 is 0. The Kier molecular flexibility index (Phi) is 4.54. The normalized spacial score (nSPS) is 13.5. The molecule has 96 valence electrons. The van der Waals surface area contributed by atoms with Gasteiger partial charge in [-0.2, -0.15) is 0 Å². The van der Waals surface area contributed by atoms with E-state index in [9.17, 15) is 10.2 Å². The third kappa shape index (κ3) is 3.20. The topological polar surface area (TPSA) is 43.7 Å². The van der Waals surface area contributed by atoms with E-state index in [4.69, 9.17) is 0 Å². The predicted octanol–water partition coefficient (Wildman–Crippen LogP) is 2.34. The van der Waals surface area contributed by atoms with Crippen LogP contribution < -0.4 is 4.90 Å². The third-order valence-electron chi connectivity index (χ3n) is 3.35. The summed E-state index contributed by atoms with van der Waals surface area (Å²) in [7, 11) is 1.96. The van der Waals surface area contributed by atoms with Crippen LogP contribution in [0.3, 0.4) is 0 Å². The molecule has 3 nitrogen and oxygen atoms in total. The first-order valence-electron chi connectivity index (χ1n) is 6.05. The zero-order valence-corrected chi connectivity index (χ0v) is 11.1. The van der Waals surface area contributed by atoms with Gasteiger partial charge < -0.3 is 15.1 Å². The van der Waals surface area contributed by atoms with Gasteiger partial charge >= 0.3 is 0 Å². The molecular formula is C14H23NO2. The second kappa shape index (κ2) is 5.52. The zero-order valence-electron chi connectivity index (χ0n) is 11.1. The summed E-state index contributed by atoms with van der Waals surface area (Å²) < 4.78 is 0. The van der Waals surface area contributed by atoms with E-state index >= 15 is 0 Å². The van der Waals surface area contributed by atoms with Crippen LogP contribution >= 0.6 is 0 Å². The molecule has 0 saturated heterocycles. The van der Waals surface area contributed by atoms with Crippen LogP contribution in [0.15, 0.2) is 24.3 Å². The maximum Gasteiger partial charge on any atom is 0.0787 e. The molecule has 0 fully saturated rings. The Bertz CT molecular complexity index is 346. The SMILES string of the molecule is CC[C@H](O)c1ccc(N(C)C(C)(C)CO)cc1. The summed E-state index contributed by atoms with van der Waals surface area (Å²) in [6.45, 7) is 6.03. The second-order valence-corrected chi connectivity index (χ2v) is 5.05. The van der Waals surface area contributed by atoms with Crippen molar-refractivity contribution in [1.82, 2.24) is 0 Å². The molecule has 0 spiro atoms. The first-order chi connectivity index (χ1) is 7.92. The Morgan fingerprint density at radius 1 is 1.24 bits per heavy atom. The maximum absolute atomic E-state index is 9.71. The molecule has 0 heterocycles. The molecular weight excluding hydrogens is 214 g/mol. The highest BCUT2D eigenvalue weighted by Crippen LogP contribution is 2.24. The number of benzene rings is 1. The van der Waals surface area contributed by atoms with Gasteiger partial charge in [-0.25, -0.2) is 0 Å². The lowest BCUT2D eigenvalue weighted by Crippen LogP contribution is -2.44. The molecule has 3 heteroatoms. The Morgan fingerprint density at radius 3 is 2.18 bits per heavy atom. The van der Waals surface area contributed by atoms with Crippen molar-refractivity contribution in [3.05, 3.63) is 29.8 Å². The van der Waals surface area contributed by atoms with Crippen LogP contribution in [-0.2, 0) is 0 Å². The fourth-order valence-electron chi connectivity index (χ4n) is 1.61. The van der Waals surface area contributed by atoms with E-state index < -0.39 is 0 Å². The van der Waals surface area contributed by atoms with Gasteiger partial charge in [0.25, 0.3) is 0 Å². The van der Waals surface area contributed by atoms with Gasteiger partial charge in [-0.15, -0.1) is 0 Å². The maximum atomic E-state index is 9.71. The molecule has 0 aliphatic rings. The van der Waals surface area contributed by atoms with Crippen LogP contribution in [0.25, 0.3) is 0 Å². The predicted molar refractivity (Wildman–Crippen MR) is 71.3 cm³/mol. The lowest BCUT2D eigenvalue weighted by atomic mass is 10.0. The average molecular weight is 237 g/mol. The Labute approximate surface area is 104 Å². The van der Waals surface area contributed by atoms with E-state index in [1.54, 1.807) is 0 Å². The molecule has 0 bridgehead atoms. The molecule has 0 aromatic heterocycles. The molecule has 2 N–H and O–H groups in total. The highest BCUT2D eigenvalue weighted by molar-refractivity contribution is 5.49. The second-order valence-electron chi connectivity index (χ2n) is 5.05. The highest BCUT2D eigenvalue weighted by Gasteiger charge is 2.22. The van der Waals surface area contributed by atoms with Crippen LogP contribution in [0.1, 0.15) is 38.9 Å².